The molecule has 1 nitrogen and oxygen atoms in total. The topological polar surface area (TPSA) is 26.0 Å². The number of hydrogen-bond donors (Lipinski definition) is 1. The molecule has 2 rings (SSSR count). The second kappa shape index (κ2) is 4.34. The van der Waals surface area contributed by atoms with E-state index < -0.39 is 0 Å². The van der Waals surface area contributed by atoms with Gasteiger partial charge in [-0.05, 0) is 48.8 Å². The lowest BCUT2D eigenvalue weighted by molar-refractivity contribution is 0.324. The van der Waals surface area contributed by atoms with Crippen LogP contribution in [0.1, 0.15) is 31.7 Å². The van der Waals surface area contributed by atoms with Crippen molar-refractivity contribution in [2.75, 3.05) is 0 Å². The van der Waals surface area contributed by atoms with Gasteiger partial charge in [0.1, 0.15) is 5.82 Å². The minimum absolute atomic E-state index is 0.147. The highest BCUT2D eigenvalue weighted by molar-refractivity contribution is 6.30. The average molecular weight is 242 g/mol. The summed E-state index contributed by atoms with van der Waals surface area (Å²) >= 11 is 5.73. The van der Waals surface area contributed by atoms with Crippen LogP contribution in [0.4, 0.5) is 4.39 Å². The molecule has 2 atom stereocenters. The Morgan fingerprint density at radius 2 is 2.31 bits per heavy atom. The van der Waals surface area contributed by atoms with Crippen molar-refractivity contribution < 1.29 is 4.39 Å². The molecule has 0 aliphatic heterocycles. The van der Waals surface area contributed by atoms with Gasteiger partial charge in [-0.2, -0.15) is 0 Å². The third-order valence-corrected chi connectivity index (χ3v) is 3.74. The fourth-order valence-corrected chi connectivity index (χ4v) is 2.82. The van der Waals surface area contributed by atoms with Crippen LogP contribution in [0.2, 0.25) is 5.02 Å². The van der Waals surface area contributed by atoms with Crippen LogP contribution >= 0.6 is 11.6 Å². The maximum absolute atomic E-state index is 13.7. The first-order chi connectivity index (χ1) is 7.48. The minimum atomic E-state index is -0.200. The molecule has 1 aliphatic rings. The van der Waals surface area contributed by atoms with Crippen molar-refractivity contribution >= 4 is 11.6 Å². The van der Waals surface area contributed by atoms with E-state index in [0.29, 0.717) is 5.02 Å². The van der Waals surface area contributed by atoms with Crippen molar-refractivity contribution in [3.63, 3.8) is 0 Å². The summed E-state index contributed by atoms with van der Waals surface area (Å²) in [7, 11) is 0. The van der Waals surface area contributed by atoms with E-state index in [1.165, 1.54) is 6.07 Å². The van der Waals surface area contributed by atoms with Crippen LogP contribution in [0.15, 0.2) is 18.2 Å². The Morgan fingerprint density at radius 3 is 2.88 bits per heavy atom. The lowest BCUT2D eigenvalue weighted by Crippen LogP contribution is -2.21. The molecule has 1 saturated carbocycles. The summed E-state index contributed by atoms with van der Waals surface area (Å²) in [5.74, 6) is -0.200. The lowest BCUT2D eigenvalue weighted by atomic mass is 9.82. The Labute approximate surface area is 101 Å². The third kappa shape index (κ3) is 2.55. The van der Waals surface area contributed by atoms with Gasteiger partial charge in [-0.15, -0.1) is 0 Å². The number of rotatable bonds is 2. The standard InChI is InChI=1S/C13H17ClFN/c1-13(5-4-11(16)8-13)7-9-2-3-10(14)6-12(9)15/h2-3,6,11H,4-5,7-8,16H2,1H3. The molecule has 0 bridgehead atoms. The molecule has 0 heterocycles. The van der Waals surface area contributed by atoms with Crippen LogP contribution in [0, 0.1) is 11.2 Å². The van der Waals surface area contributed by atoms with Gasteiger partial charge in [0.15, 0.2) is 0 Å². The summed E-state index contributed by atoms with van der Waals surface area (Å²) in [6.45, 7) is 2.19. The lowest BCUT2D eigenvalue weighted by Gasteiger charge is -2.24. The summed E-state index contributed by atoms with van der Waals surface area (Å²) in [5.41, 5.74) is 6.81. The average Bonchev–Trinajstić information content (AvgIpc) is 2.52. The highest BCUT2D eigenvalue weighted by atomic mass is 35.5. The number of hydrogen-bond acceptors (Lipinski definition) is 1. The summed E-state index contributed by atoms with van der Waals surface area (Å²) in [6, 6.07) is 5.19. The van der Waals surface area contributed by atoms with Crippen molar-refractivity contribution in [2.24, 2.45) is 11.1 Å². The van der Waals surface area contributed by atoms with E-state index in [4.69, 9.17) is 17.3 Å². The molecule has 1 aliphatic carbocycles. The van der Waals surface area contributed by atoms with E-state index >= 15 is 0 Å². The SMILES string of the molecule is CC1(Cc2ccc(Cl)cc2F)CCC(N)C1. The van der Waals surface area contributed by atoms with Gasteiger partial charge in [-0.3, -0.25) is 0 Å². The van der Waals surface area contributed by atoms with Crippen LogP contribution in [0.3, 0.4) is 0 Å². The van der Waals surface area contributed by atoms with Crippen molar-refractivity contribution in [3.05, 3.63) is 34.6 Å². The number of nitrogens with two attached hydrogens (primary N) is 1. The molecule has 2 N–H and O–H groups in total. The molecule has 0 amide bonds. The van der Waals surface area contributed by atoms with Crippen LogP contribution in [0.25, 0.3) is 0 Å². The highest BCUT2D eigenvalue weighted by Crippen LogP contribution is 2.40. The van der Waals surface area contributed by atoms with Crippen LogP contribution in [-0.2, 0) is 6.42 Å². The molecule has 0 saturated heterocycles. The predicted molar refractivity (Wildman–Crippen MR) is 65.0 cm³/mol. The molecule has 88 valence electrons. The van der Waals surface area contributed by atoms with E-state index in [9.17, 15) is 4.39 Å². The van der Waals surface area contributed by atoms with Crippen molar-refractivity contribution in [1.29, 1.82) is 0 Å². The van der Waals surface area contributed by atoms with Gasteiger partial charge in [-0.1, -0.05) is 24.6 Å². The molecule has 0 aromatic heterocycles. The quantitative estimate of drug-likeness (QED) is 0.842. The summed E-state index contributed by atoms with van der Waals surface area (Å²) in [4.78, 5) is 0. The Hall–Kier alpha value is -0.600. The minimum Gasteiger partial charge on any atom is -0.328 e. The maximum atomic E-state index is 13.7. The summed E-state index contributed by atoms with van der Waals surface area (Å²) in [6.07, 6.45) is 3.86. The fourth-order valence-electron chi connectivity index (χ4n) is 2.66. The monoisotopic (exact) mass is 241 g/mol. The molecular weight excluding hydrogens is 225 g/mol. The summed E-state index contributed by atoms with van der Waals surface area (Å²) < 4.78 is 13.7. The molecular formula is C13H17ClFN. The zero-order chi connectivity index (χ0) is 11.8. The first kappa shape index (κ1) is 11.9. The Kier molecular flexibility index (Phi) is 3.22. The Bertz CT molecular complexity index is 394. The number of halogens is 2. The normalized spacial score (nSPS) is 29.6. The van der Waals surface area contributed by atoms with Crippen molar-refractivity contribution in [3.8, 4) is 0 Å². The third-order valence-electron chi connectivity index (χ3n) is 3.51. The first-order valence-corrected chi connectivity index (χ1v) is 6.06. The second-order valence-electron chi connectivity index (χ2n) is 5.23. The molecule has 2 unspecified atom stereocenters. The smallest absolute Gasteiger partial charge is 0.127 e. The molecule has 0 spiro atoms. The second-order valence-corrected chi connectivity index (χ2v) is 5.66. The van der Waals surface area contributed by atoms with E-state index in [1.807, 2.05) is 0 Å². The Morgan fingerprint density at radius 1 is 1.56 bits per heavy atom. The van der Waals surface area contributed by atoms with Gasteiger partial charge in [0.25, 0.3) is 0 Å². The van der Waals surface area contributed by atoms with E-state index in [1.54, 1.807) is 12.1 Å². The molecule has 16 heavy (non-hydrogen) atoms. The van der Waals surface area contributed by atoms with Crippen molar-refractivity contribution in [2.45, 2.75) is 38.6 Å². The van der Waals surface area contributed by atoms with Crippen LogP contribution < -0.4 is 5.73 Å². The van der Waals surface area contributed by atoms with Gasteiger partial charge >= 0.3 is 0 Å². The first-order valence-electron chi connectivity index (χ1n) is 5.68. The summed E-state index contributed by atoms with van der Waals surface area (Å²) in [5, 5.41) is 0.453. The van der Waals surface area contributed by atoms with Gasteiger partial charge in [0, 0.05) is 11.1 Å². The van der Waals surface area contributed by atoms with Gasteiger partial charge < -0.3 is 5.73 Å². The van der Waals surface area contributed by atoms with Gasteiger partial charge in [-0.25, -0.2) is 4.39 Å². The zero-order valence-corrected chi connectivity index (χ0v) is 10.2. The highest BCUT2D eigenvalue weighted by Gasteiger charge is 2.33. The van der Waals surface area contributed by atoms with Crippen LogP contribution in [0.5, 0.6) is 0 Å². The molecule has 1 aromatic carbocycles. The van der Waals surface area contributed by atoms with Crippen LogP contribution in [-0.4, -0.2) is 6.04 Å². The maximum Gasteiger partial charge on any atom is 0.127 e. The van der Waals surface area contributed by atoms with E-state index in [0.717, 1.165) is 31.2 Å². The van der Waals surface area contributed by atoms with E-state index in [2.05, 4.69) is 6.92 Å². The zero-order valence-electron chi connectivity index (χ0n) is 9.47. The van der Waals surface area contributed by atoms with Gasteiger partial charge in [0.05, 0.1) is 0 Å². The largest absolute Gasteiger partial charge is 0.328 e. The van der Waals surface area contributed by atoms with E-state index in [-0.39, 0.29) is 17.3 Å². The predicted octanol–water partition coefficient (Wildman–Crippen LogP) is 3.54. The fraction of sp³-hybridized carbons (Fsp3) is 0.538. The Balaban J connectivity index is 2.14. The molecule has 0 radical (unpaired) electrons. The van der Waals surface area contributed by atoms with Crippen molar-refractivity contribution in [1.82, 2.24) is 0 Å². The molecule has 1 fully saturated rings. The molecule has 3 heteroatoms. The number of benzene rings is 1. The molecule has 1 aromatic rings. The van der Waals surface area contributed by atoms with Gasteiger partial charge in [0.2, 0.25) is 0 Å².